The molecule has 0 amide bonds. The fourth-order valence-electron chi connectivity index (χ4n) is 7.40. The molecular weight excluding hydrogens is 348 g/mol. The summed E-state index contributed by atoms with van der Waals surface area (Å²) in [6.07, 6.45) is 9.76. The van der Waals surface area contributed by atoms with Crippen molar-refractivity contribution in [3.63, 3.8) is 0 Å². The van der Waals surface area contributed by atoms with Crippen molar-refractivity contribution < 1.29 is 17.4 Å². The summed E-state index contributed by atoms with van der Waals surface area (Å²) in [6, 6.07) is 0. The average molecular weight is 381 g/mol. The molecule has 4 nitrogen and oxygen atoms in total. The fourth-order valence-corrected chi connectivity index (χ4v) is 8.12. The minimum atomic E-state index is -3.43. The molecule has 0 spiro atoms. The molecule has 0 aromatic heterocycles. The van der Waals surface area contributed by atoms with Gasteiger partial charge < -0.3 is 0 Å². The summed E-state index contributed by atoms with van der Waals surface area (Å²) in [5.74, 6) is 2.54. The molecule has 146 valence electrons. The van der Waals surface area contributed by atoms with Gasteiger partial charge in [0.2, 0.25) is 0 Å². The zero-order chi connectivity index (χ0) is 18.9. The molecule has 0 heterocycles. The third-order valence-corrected chi connectivity index (χ3v) is 9.07. The van der Waals surface area contributed by atoms with Crippen LogP contribution >= 0.6 is 0 Å². The van der Waals surface area contributed by atoms with Gasteiger partial charge in [-0.25, -0.2) is 0 Å². The SMILES string of the molecule is CC1C[C@H](OS(C)(=O)=O)[C@@]2(C)CC[C@H]3[C@@H](CCC4=CC(=O)CC[C@@]43C)[C@H]12. The Labute approximate surface area is 157 Å². The van der Waals surface area contributed by atoms with Crippen molar-refractivity contribution >= 4 is 15.9 Å². The Balaban J connectivity index is 1.67. The molecule has 0 saturated heterocycles. The molecule has 4 aliphatic rings. The molecule has 4 aliphatic carbocycles. The number of carbonyl (C=O) groups excluding carboxylic acids is 1. The Morgan fingerprint density at radius 1 is 1.15 bits per heavy atom. The molecule has 7 atom stereocenters. The summed E-state index contributed by atoms with van der Waals surface area (Å²) >= 11 is 0. The van der Waals surface area contributed by atoms with Crippen molar-refractivity contribution in [2.45, 2.75) is 71.8 Å². The normalized spacial score (nSPS) is 48.4. The monoisotopic (exact) mass is 380 g/mol. The number of carbonyl (C=O) groups is 1. The third kappa shape index (κ3) is 2.72. The molecular formula is C21H32O4S. The van der Waals surface area contributed by atoms with Crippen LogP contribution in [0.25, 0.3) is 0 Å². The van der Waals surface area contributed by atoms with Crippen LogP contribution in [0.4, 0.5) is 0 Å². The topological polar surface area (TPSA) is 60.4 Å². The lowest BCUT2D eigenvalue weighted by atomic mass is 9.46. The van der Waals surface area contributed by atoms with Crippen LogP contribution in [0.1, 0.15) is 65.7 Å². The number of ketones is 1. The predicted molar refractivity (Wildman–Crippen MR) is 101 cm³/mol. The van der Waals surface area contributed by atoms with Crippen LogP contribution < -0.4 is 0 Å². The van der Waals surface area contributed by atoms with E-state index < -0.39 is 10.1 Å². The minimum absolute atomic E-state index is 0.0499. The molecule has 0 bridgehead atoms. The highest BCUT2D eigenvalue weighted by Gasteiger charge is 2.61. The summed E-state index contributed by atoms with van der Waals surface area (Å²) in [5.41, 5.74) is 1.49. The van der Waals surface area contributed by atoms with Gasteiger partial charge in [0.1, 0.15) is 0 Å². The highest BCUT2D eigenvalue weighted by atomic mass is 32.2. The summed E-state index contributed by atoms with van der Waals surface area (Å²) in [7, 11) is -3.43. The van der Waals surface area contributed by atoms with Crippen LogP contribution in [0, 0.1) is 34.5 Å². The van der Waals surface area contributed by atoms with Gasteiger partial charge in [0, 0.05) is 6.42 Å². The minimum Gasteiger partial charge on any atom is -0.295 e. The van der Waals surface area contributed by atoms with E-state index in [-0.39, 0.29) is 16.9 Å². The summed E-state index contributed by atoms with van der Waals surface area (Å²) in [5, 5.41) is 0. The predicted octanol–water partition coefficient (Wildman–Crippen LogP) is 4.11. The quantitative estimate of drug-likeness (QED) is 0.677. The van der Waals surface area contributed by atoms with E-state index in [2.05, 4.69) is 20.8 Å². The molecule has 0 radical (unpaired) electrons. The second-order valence-corrected chi connectivity index (χ2v) is 11.5. The summed E-state index contributed by atoms with van der Waals surface area (Å²) in [6.45, 7) is 6.94. The Morgan fingerprint density at radius 2 is 1.88 bits per heavy atom. The van der Waals surface area contributed by atoms with Gasteiger partial charge in [-0.05, 0) is 79.1 Å². The molecule has 3 fully saturated rings. The van der Waals surface area contributed by atoms with Crippen molar-refractivity contribution in [3.05, 3.63) is 11.6 Å². The zero-order valence-electron chi connectivity index (χ0n) is 16.5. The highest BCUT2D eigenvalue weighted by molar-refractivity contribution is 7.86. The van der Waals surface area contributed by atoms with Crippen molar-refractivity contribution in [2.24, 2.45) is 34.5 Å². The van der Waals surface area contributed by atoms with Crippen LogP contribution in [0.5, 0.6) is 0 Å². The van der Waals surface area contributed by atoms with E-state index in [0.29, 0.717) is 35.9 Å². The summed E-state index contributed by atoms with van der Waals surface area (Å²) in [4.78, 5) is 11.9. The van der Waals surface area contributed by atoms with Gasteiger partial charge in [-0.3, -0.25) is 8.98 Å². The first kappa shape index (κ1) is 18.7. The summed E-state index contributed by atoms with van der Waals surface area (Å²) < 4.78 is 29.2. The van der Waals surface area contributed by atoms with E-state index in [0.717, 1.165) is 38.5 Å². The Kier molecular flexibility index (Phi) is 4.24. The van der Waals surface area contributed by atoms with Gasteiger partial charge in [0.15, 0.2) is 5.78 Å². The van der Waals surface area contributed by atoms with Crippen molar-refractivity contribution in [1.82, 2.24) is 0 Å². The lowest BCUT2D eigenvalue weighted by molar-refractivity contribution is -0.118. The zero-order valence-corrected chi connectivity index (χ0v) is 17.3. The molecule has 1 unspecified atom stereocenters. The molecule has 3 saturated carbocycles. The van der Waals surface area contributed by atoms with Crippen molar-refractivity contribution in [3.8, 4) is 0 Å². The van der Waals surface area contributed by atoms with Crippen LogP contribution in [-0.2, 0) is 19.1 Å². The van der Waals surface area contributed by atoms with Gasteiger partial charge in [0.25, 0.3) is 10.1 Å². The molecule has 0 aliphatic heterocycles. The first-order valence-electron chi connectivity index (χ1n) is 10.2. The fraction of sp³-hybridized carbons (Fsp3) is 0.857. The average Bonchev–Trinajstić information content (AvgIpc) is 2.77. The third-order valence-electron chi connectivity index (χ3n) is 8.48. The number of hydrogen-bond acceptors (Lipinski definition) is 4. The smallest absolute Gasteiger partial charge is 0.264 e. The van der Waals surface area contributed by atoms with Gasteiger partial charge >= 0.3 is 0 Å². The Bertz CT molecular complexity index is 754. The van der Waals surface area contributed by atoms with E-state index in [9.17, 15) is 13.2 Å². The maximum absolute atomic E-state index is 11.9. The van der Waals surface area contributed by atoms with Crippen LogP contribution in [0.15, 0.2) is 11.6 Å². The Hall–Kier alpha value is -0.680. The van der Waals surface area contributed by atoms with E-state index in [1.54, 1.807) is 0 Å². The molecule has 4 rings (SSSR count). The largest absolute Gasteiger partial charge is 0.295 e. The second kappa shape index (κ2) is 5.91. The van der Waals surface area contributed by atoms with Gasteiger partial charge in [-0.15, -0.1) is 0 Å². The molecule has 0 N–H and O–H groups in total. The van der Waals surface area contributed by atoms with Gasteiger partial charge in [0.05, 0.1) is 12.4 Å². The molecule has 5 heteroatoms. The first-order chi connectivity index (χ1) is 12.0. The lowest BCUT2D eigenvalue weighted by Gasteiger charge is -2.58. The number of fused-ring (bicyclic) bond motifs is 5. The maximum Gasteiger partial charge on any atom is 0.264 e. The van der Waals surface area contributed by atoms with Gasteiger partial charge in [-0.2, -0.15) is 8.42 Å². The van der Waals surface area contributed by atoms with Crippen LogP contribution in [-0.4, -0.2) is 26.6 Å². The van der Waals surface area contributed by atoms with E-state index in [1.807, 2.05) is 6.08 Å². The van der Waals surface area contributed by atoms with E-state index >= 15 is 0 Å². The van der Waals surface area contributed by atoms with Gasteiger partial charge in [-0.1, -0.05) is 26.3 Å². The highest BCUT2D eigenvalue weighted by Crippen LogP contribution is 2.66. The number of hydrogen-bond donors (Lipinski definition) is 0. The molecule has 0 aromatic carbocycles. The van der Waals surface area contributed by atoms with Crippen molar-refractivity contribution in [2.75, 3.05) is 6.26 Å². The molecule has 0 aromatic rings. The first-order valence-corrected chi connectivity index (χ1v) is 12.0. The standard InChI is InChI=1S/C21H32O4S/c1-13-11-18(25-26(4,23)24)21(3)10-8-17-16(19(13)21)6-5-14-12-15(22)7-9-20(14,17)2/h12-13,16-19H,5-11H2,1-4H3/t13?,16-,17+,18+,19+,20+,21-/m1/s1. The number of rotatable bonds is 2. The van der Waals surface area contributed by atoms with E-state index in [4.69, 9.17) is 4.18 Å². The van der Waals surface area contributed by atoms with Crippen molar-refractivity contribution in [1.29, 1.82) is 0 Å². The Morgan fingerprint density at radius 3 is 2.58 bits per heavy atom. The maximum atomic E-state index is 11.9. The van der Waals surface area contributed by atoms with Crippen LogP contribution in [0.2, 0.25) is 0 Å². The van der Waals surface area contributed by atoms with Crippen LogP contribution in [0.3, 0.4) is 0 Å². The lowest BCUT2D eigenvalue weighted by Crippen LogP contribution is -2.52. The van der Waals surface area contributed by atoms with E-state index in [1.165, 1.54) is 11.8 Å². The number of allylic oxidation sites excluding steroid dienone is 1. The molecule has 26 heavy (non-hydrogen) atoms. The second-order valence-electron chi connectivity index (χ2n) is 9.93.